The molecule has 1 aliphatic carbocycles. The van der Waals surface area contributed by atoms with Crippen molar-refractivity contribution in [3.8, 4) is 0 Å². The van der Waals surface area contributed by atoms with Crippen LogP contribution in [0.15, 0.2) is 16.3 Å². The van der Waals surface area contributed by atoms with Crippen molar-refractivity contribution < 1.29 is 13.2 Å². The molecule has 0 saturated heterocycles. The summed E-state index contributed by atoms with van der Waals surface area (Å²) in [6.45, 7) is 0.371. The first kappa shape index (κ1) is 14.5. The Kier molecular flexibility index (Phi) is 4.59. The minimum Gasteiger partial charge on any atom is -0.351 e. The van der Waals surface area contributed by atoms with Crippen molar-refractivity contribution in [3.05, 3.63) is 17.0 Å². The van der Waals surface area contributed by atoms with Crippen molar-refractivity contribution in [2.45, 2.75) is 42.9 Å². The normalized spacial score (nSPS) is 17.3. The van der Waals surface area contributed by atoms with Gasteiger partial charge in [0.15, 0.2) is 0 Å². The summed E-state index contributed by atoms with van der Waals surface area (Å²) in [6.07, 6.45) is 5.36. The Hall–Kier alpha value is -0.920. The molecule has 0 radical (unpaired) electrons. The van der Waals surface area contributed by atoms with E-state index in [4.69, 9.17) is 5.14 Å². The van der Waals surface area contributed by atoms with Gasteiger partial charge < -0.3 is 5.32 Å². The highest BCUT2D eigenvalue weighted by Gasteiger charge is 2.21. The van der Waals surface area contributed by atoms with Crippen LogP contribution in [0.2, 0.25) is 0 Å². The first-order valence-corrected chi connectivity index (χ1v) is 8.72. The number of amides is 1. The van der Waals surface area contributed by atoms with Crippen molar-refractivity contribution in [1.29, 1.82) is 0 Å². The molecule has 0 bridgehead atoms. The number of hydrogen-bond donors (Lipinski definition) is 2. The van der Waals surface area contributed by atoms with E-state index in [0.29, 0.717) is 6.54 Å². The van der Waals surface area contributed by atoms with Gasteiger partial charge in [-0.05, 0) is 25.0 Å². The van der Waals surface area contributed by atoms with E-state index in [1.54, 1.807) is 6.07 Å². The van der Waals surface area contributed by atoms with Gasteiger partial charge in [0.05, 0.1) is 6.54 Å². The van der Waals surface area contributed by atoms with Crippen molar-refractivity contribution in [1.82, 2.24) is 5.32 Å². The maximum Gasteiger partial charge on any atom is 0.247 e. The topological polar surface area (TPSA) is 89.3 Å². The molecule has 106 valence electrons. The third-order valence-corrected chi connectivity index (χ3v) is 5.85. The van der Waals surface area contributed by atoms with E-state index in [2.05, 4.69) is 5.32 Å². The number of primary sulfonamides is 1. The highest BCUT2D eigenvalue weighted by atomic mass is 32.2. The summed E-state index contributed by atoms with van der Waals surface area (Å²) < 4.78 is 22.4. The predicted octanol–water partition coefficient (Wildman–Crippen LogP) is 1.59. The van der Waals surface area contributed by atoms with Crippen LogP contribution >= 0.6 is 11.3 Å². The van der Waals surface area contributed by atoms with Crippen LogP contribution in [0, 0.1) is 5.92 Å². The Bertz CT molecular complexity index is 545. The Morgan fingerprint density at radius 3 is 2.58 bits per heavy atom. The molecule has 0 spiro atoms. The minimum absolute atomic E-state index is 0.0743. The lowest BCUT2D eigenvalue weighted by atomic mass is 9.89. The van der Waals surface area contributed by atoms with Gasteiger partial charge in [0.1, 0.15) is 4.21 Å². The van der Waals surface area contributed by atoms with Gasteiger partial charge in [-0.15, -0.1) is 11.3 Å². The van der Waals surface area contributed by atoms with Gasteiger partial charge in [-0.25, -0.2) is 13.6 Å². The lowest BCUT2D eigenvalue weighted by Crippen LogP contribution is -2.31. The van der Waals surface area contributed by atoms with Gasteiger partial charge in [0.2, 0.25) is 15.9 Å². The Labute approximate surface area is 117 Å². The second-order valence-corrected chi connectivity index (χ2v) is 7.78. The van der Waals surface area contributed by atoms with Crippen LogP contribution in [0.5, 0.6) is 0 Å². The van der Waals surface area contributed by atoms with Crippen LogP contribution < -0.4 is 10.5 Å². The molecule has 0 unspecified atom stereocenters. The summed E-state index contributed by atoms with van der Waals surface area (Å²) in [5.41, 5.74) is 0. The first-order valence-electron chi connectivity index (χ1n) is 6.36. The van der Waals surface area contributed by atoms with Crippen molar-refractivity contribution in [3.63, 3.8) is 0 Å². The predicted molar refractivity (Wildman–Crippen MR) is 74.1 cm³/mol. The van der Waals surface area contributed by atoms with E-state index in [9.17, 15) is 13.2 Å². The maximum absolute atomic E-state index is 11.9. The average Bonchev–Trinajstić information content (AvgIpc) is 2.86. The highest BCUT2D eigenvalue weighted by molar-refractivity contribution is 7.91. The molecule has 0 aliphatic heterocycles. The van der Waals surface area contributed by atoms with Crippen LogP contribution in [-0.4, -0.2) is 14.3 Å². The molecule has 1 heterocycles. The monoisotopic (exact) mass is 302 g/mol. The third kappa shape index (κ3) is 4.02. The molecule has 2 rings (SSSR count). The molecule has 0 atom stereocenters. The lowest BCUT2D eigenvalue weighted by Gasteiger charge is -2.20. The number of nitrogens with two attached hydrogens (primary N) is 1. The quantitative estimate of drug-likeness (QED) is 0.885. The van der Waals surface area contributed by atoms with E-state index in [0.717, 1.165) is 41.9 Å². The van der Waals surface area contributed by atoms with Gasteiger partial charge in [0.25, 0.3) is 0 Å². The molecule has 19 heavy (non-hydrogen) atoms. The second kappa shape index (κ2) is 6.02. The lowest BCUT2D eigenvalue weighted by molar-refractivity contribution is -0.126. The standard InChI is InChI=1S/C12H18N2O3S2/c13-19(16,17)11-7-6-10(18-11)8-14-12(15)9-4-2-1-3-5-9/h6-7,9H,1-5,8H2,(H,14,15)(H2,13,16,17). The van der Waals surface area contributed by atoms with Crippen LogP contribution in [0.25, 0.3) is 0 Å². The molecule has 1 aliphatic rings. The summed E-state index contributed by atoms with van der Waals surface area (Å²) in [5, 5.41) is 7.91. The third-order valence-electron chi connectivity index (χ3n) is 3.33. The zero-order valence-corrected chi connectivity index (χ0v) is 12.2. The Morgan fingerprint density at radius 1 is 1.32 bits per heavy atom. The largest absolute Gasteiger partial charge is 0.351 e. The van der Waals surface area contributed by atoms with Gasteiger partial charge in [0, 0.05) is 10.8 Å². The molecular weight excluding hydrogens is 284 g/mol. The Balaban J connectivity index is 1.88. The summed E-state index contributed by atoms with van der Waals surface area (Å²) >= 11 is 1.10. The number of carbonyl (C=O) groups is 1. The fourth-order valence-electron chi connectivity index (χ4n) is 2.29. The number of nitrogens with one attached hydrogen (secondary N) is 1. The SMILES string of the molecule is NS(=O)(=O)c1ccc(CNC(=O)C2CCCCC2)s1. The fourth-order valence-corrected chi connectivity index (χ4v) is 4.01. The number of rotatable bonds is 4. The zero-order valence-electron chi connectivity index (χ0n) is 10.6. The number of hydrogen-bond acceptors (Lipinski definition) is 4. The molecular formula is C12H18N2O3S2. The Morgan fingerprint density at radius 2 is 2.00 bits per heavy atom. The van der Waals surface area contributed by atoms with E-state index in [1.165, 1.54) is 12.5 Å². The van der Waals surface area contributed by atoms with E-state index in [-0.39, 0.29) is 16.0 Å². The number of sulfonamides is 1. The summed E-state index contributed by atoms with van der Waals surface area (Å²) in [4.78, 5) is 12.7. The van der Waals surface area contributed by atoms with Gasteiger partial charge in [-0.2, -0.15) is 0 Å². The highest BCUT2D eigenvalue weighted by Crippen LogP contribution is 2.24. The molecule has 0 aromatic carbocycles. The molecule has 7 heteroatoms. The van der Waals surface area contributed by atoms with Gasteiger partial charge in [-0.1, -0.05) is 19.3 Å². The summed E-state index contributed by atoms with van der Waals surface area (Å²) in [7, 11) is -3.64. The number of thiophene rings is 1. The van der Waals surface area contributed by atoms with Crippen LogP contribution in [0.3, 0.4) is 0 Å². The maximum atomic E-state index is 11.9. The van der Waals surface area contributed by atoms with Crippen LogP contribution in [0.4, 0.5) is 0 Å². The van der Waals surface area contributed by atoms with Crippen molar-refractivity contribution >= 4 is 27.3 Å². The second-order valence-electron chi connectivity index (χ2n) is 4.82. The molecule has 3 N–H and O–H groups in total. The van der Waals surface area contributed by atoms with Crippen LogP contribution in [-0.2, 0) is 21.4 Å². The molecule has 1 saturated carbocycles. The average molecular weight is 302 g/mol. The van der Waals surface area contributed by atoms with Crippen LogP contribution in [0.1, 0.15) is 37.0 Å². The summed E-state index contributed by atoms with van der Waals surface area (Å²) in [5.74, 6) is 0.191. The molecule has 1 amide bonds. The molecule has 1 aromatic rings. The van der Waals surface area contributed by atoms with Gasteiger partial charge in [-0.3, -0.25) is 4.79 Å². The smallest absolute Gasteiger partial charge is 0.247 e. The van der Waals surface area contributed by atoms with E-state index in [1.807, 2.05) is 0 Å². The van der Waals surface area contributed by atoms with E-state index < -0.39 is 10.0 Å². The molecule has 1 fully saturated rings. The fraction of sp³-hybridized carbons (Fsp3) is 0.583. The minimum atomic E-state index is -3.64. The summed E-state index contributed by atoms with van der Waals surface area (Å²) in [6, 6.07) is 3.16. The number of carbonyl (C=O) groups excluding carboxylic acids is 1. The molecule has 5 nitrogen and oxygen atoms in total. The van der Waals surface area contributed by atoms with Crippen molar-refractivity contribution in [2.24, 2.45) is 11.1 Å². The van der Waals surface area contributed by atoms with Gasteiger partial charge >= 0.3 is 0 Å². The van der Waals surface area contributed by atoms with Crippen molar-refractivity contribution in [2.75, 3.05) is 0 Å². The zero-order chi connectivity index (χ0) is 13.9. The van der Waals surface area contributed by atoms with E-state index >= 15 is 0 Å². The first-order chi connectivity index (χ1) is 8.97. The molecule has 1 aromatic heterocycles.